The van der Waals surface area contributed by atoms with Gasteiger partial charge in [0.15, 0.2) is 0 Å². The maximum Gasteiger partial charge on any atom is 0.205 e. The van der Waals surface area contributed by atoms with Crippen molar-refractivity contribution in [1.29, 1.82) is 0 Å². The fourth-order valence-electron chi connectivity index (χ4n) is 2.16. The lowest BCUT2D eigenvalue weighted by atomic mass is 10.2. The molecule has 0 aliphatic heterocycles. The van der Waals surface area contributed by atoms with Crippen LogP contribution in [-0.2, 0) is 0 Å². The minimum atomic E-state index is -0.316. The SMILES string of the molecule is Cc1ccc(F)cc1-n1c(N)nc2c(Cl)cccc21. The van der Waals surface area contributed by atoms with E-state index < -0.39 is 0 Å². The Morgan fingerprint density at radius 1 is 1.26 bits per heavy atom. The zero-order chi connectivity index (χ0) is 13.6. The molecule has 19 heavy (non-hydrogen) atoms. The van der Waals surface area contributed by atoms with Gasteiger partial charge in [-0.3, -0.25) is 4.57 Å². The van der Waals surface area contributed by atoms with Crippen LogP contribution in [-0.4, -0.2) is 9.55 Å². The molecule has 0 saturated heterocycles. The zero-order valence-corrected chi connectivity index (χ0v) is 10.9. The number of fused-ring (bicyclic) bond motifs is 1. The summed E-state index contributed by atoms with van der Waals surface area (Å²) in [4.78, 5) is 4.25. The number of para-hydroxylation sites is 1. The first kappa shape index (κ1) is 12.0. The largest absolute Gasteiger partial charge is 0.369 e. The minimum Gasteiger partial charge on any atom is -0.369 e. The van der Waals surface area contributed by atoms with E-state index in [0.717, 1.165) is 11.1 Å². The van der Waals surface area contributed by atoms with E-state index in [-0.39, 0.29) is 11.8 Å². The van der Waals surface area contributed by atoms with Crippen LogP contribution >= 0.6 is 11.6 Å². The first-order chi connectivity index (χ1) is 9.08. The van der Waals surface area contributed by atoms with Gasteiger partial charge in [-0.15, -0.1) is 0 Å². The first-order valence-electron chi connectivity index (χ1n) is 5.77. The summed E-state index contributed by atoms with van der Waals surface area (Å²) in [7, 11) is 0. The number of nitrogens with zero attached hydrogens (tertiary/aromatic N) is 2. The second-order valence-corrected chi connectivity index (χ2v) is 4.75. The number of hydrogen-bond donors (Lipinski definition) is 1. The van der Waals surface area contributed by atoms with Crippen molar-refractivity contribution in [3.63, 3.8) is 0 Å². The van der Waals surface area contributed by atoms with E-state index >= 15 is 0 Å². The molecule has 2 aromatic carbocycles. The molecule has 0 aliphatic rings. The van der Waals surface area contributed by atoms with Crippen LogP contribution in [0.25, 0.3) is 16.7 Å². The number of halogens is 2. The smallest absolute Gasteiger partial charge is 0.205 e. The van der Waals surface area contributed by atoms with Crippen LogP contribution in [0.4, 0.5) is 10.3 Å². The molecule has 3 nitrogen and oxygen atoms in total. The molecule has 1 aromatic heterocycles. The highest BCUT2D eigenvalue weighted by Gasteiger charge is 2.14. The quantitative estimate of drug-likeness (QED) is 0.736. The van der Waals surface area contributed by atoms with Crippen molar-refractivity contribution >= 4 is 28.6 Å². The summed E-state index contributed by atoms with van der Waals surface area (Å²) in [5, 5.41) is 0.525. The van der Waals surface area contributed by atoms with Crippen molar-refractivity contribution < 1.29 is 4.39 Å². The standard InChI is InChI=1S/C14H11ClFN3/c1-8-5-6-9(16)7-12(8)19-11-4-2-3-10(15)13(11)18-14(19)17/h2-7H,1H3,(H2,17,18). The van der Waals surface area contributed by atoms with Gasteiger partial charge in [-0.05, 0) is 36.8 Å². The lowest BCUT2D eigenvalue weighted by Gasteiger charge is -2.10. The summed E-state index contributed by atoms with van der Waals surface area (Å²) >= 11 is 6.10. The first-order valence-corrected chi connectivity index (χ1v) is 6.14. The molecule has 0 fully saturated rings. The molecule has 5 heteroatoms. The number of aryl methyl sites for hydroxylation is 1. The number of nitrogens with two attached hydrogens (primary N) is 1. The molecule has 96 valence electrons. The van der Waals surface area contributed by atoms with Crippen LogP contribution in [0, 0.1) is 12.7 Å². The van der Waals surface area contributed by atoms with Gasteiger partial charge >= 0.3 is 0 Å². The molecule has 3 aromatic rings. The van der Waals surface area contributed by atoms with Crippen LogP contribution in [0.3, 0.4) is 0 Å². The zero-order valence-electron chi connectivity index (χ0n) is 10.2. The molecule has 0 radical (unpaired) electrons. The van der Waals surface area contributed by atoms with Crippen LogP contribution in [0.5, 0.6) is 0 Å². The topological polar surface area (TPSA) is 43.8 Å². The predicted molar refractivity (Wildman–Crippen MR) is 75.2 cm³/mol. The molecule has 2 N–H and O–H groups in total. The number of benzene rings is 2. The summed E-state index contributed by atoms with van der Waals surface area (Å²) in [6.07, 6.45) is 0. The van der Waals surface area contributed by atoms with Gasteiger partial charge in [0.25, 0.3) is 0 Å². The summed E-state index contributed by atoms with van der Waals surface area (Å²) in [6.45, 7) is 1.89. The normalized spacial score (nSPS) is 11.1. The summed E-state index contributed by atoms with van der Waals surface area (Å²) in [5.41, 5.74) is 8.90. The average molecular weight is 276 g/mol. The van der Waals surface area contributed by atoms with Gasteiger partial charge in [0, 0.05) is 0 Å². The number of imidazole rings is 1. The Morgan fingerprint density at radius 2 is 2.05 bits per heavy atom. The Hall–Kier alpha value is -2.07. The van der Waals surface area contributed by atoms with E-state index in [0.29, 0.717) is 16.2 Å². The van der Waals surface area contributed by atoms with Crippen molar-refractivity contribution in [2.24, 2.45) is 0 Å². The third-order valence-electron chi connectivity index (χ3n) is 3.07. The van der Waals surface area contributed by atoms with Gasteiger partial charge in [-0.2, -0.15) is 0 Å². The molecular weight excluding hydrogens is 265 g/mol. The van der Waals surface area contributed by atoms with Gasteiger partial charge in [0.05, 0.1) is 16.2 Å². The van der Waals surface area contributed by atoms with Crippen molar-refractivity contribution in [2.75, 3.05) is 5.73 Å². The average Bonchev–Trinajstić information content (AvgIpc) is 2.70. The molecule has 0 bridgehead atoms. The molecule has 0 aliphatic carbocycles. The number of rotatable bonds is 1. The van der Waals surface area contributed by atoms with E-state index in [1.807, 2.05) is 19.1 Å². The summed E-state index contributed by atoms with van der Waals surface area (Å²) in [6, 6.07) is 9.99. The van der Waals surface area contributed by atoms with E-state index in [2.05, 4.69) is 4.98 Å². The van der Waals surface area contributed by atoms with Crippen LogP contribution in [0.2, 0.25) is 5.02 Å². The monoisotopic (exact) mass is 275 g/mol. The number of aromatic nitrogens is 2. The predicted octanol–water partition coefficient (Wildman–Crippen LogP) is 3.71. The number of nitrogen functional groups attached to an aromatic ring is 1. The lowest BCUT2D eigenvalue weighted by Crippen LogP contribution is -2.03. The highest BCUT2D eigenvalue weighted by atomic mass is 35.5. The van der Waals surface area contributed by atoms with Crippen molar-refractivity contribution in [3.8, 4) is 5.69 Å². The molecule has 3 rings (SSSR count). The molecule has 0 saturated carbocycles. The summed E-state index contributed by atoms with van der Waals surface area (Å²) < 4.78 is 15.2. The molecule has 0 spiro atoms. The van der Waals surface area contributed by atoms with Gasteiger partial charge in [-0.1, -0.05) is 23.7 Å². The molecular formula is C14H11ClFN3. The minimum absolute atomic E-state index is 0.289. The maximum absolute atomic E-state index is 13.4. The van der Waals surface area contributed by atoms with Gasteiger partial charge in [0.2, 0.25) is 5.95 Å². The highest BCUT2D eigenvalue weighted by molar-refractivity contribution is 6.35. The van der Waals surface area contributed by atoms with Crippen molar-refractivity contribution in [2.45, 2.75) is 6.92 Å². The van der Waals surface area contributed by atoms with Gasteiger partial charge in [0.1, 0.15) is 11.3 Å². The number of anilines is 1. The Bertz CT molecular complexity index is 780. The Labute approximate surface area is 114 Å². The fourth-order valence-corrected chi connectivity index (χ4v) is 2.37. The molecule has 0 atom stereocenters. The van der Waals surface area contributed by atoms with Gasteiger partial charge in [-0.25, -0.2) is 9.37 Å². The highest BCUT2D eigenvalue weighted by Crippen LogP contribution is 2.29. The molecule has 0 amide bonds. The second-order valence-electron chi connectivity index (χ2n) is 4.34. The molecule has 0 unspecified atom stereocenters. The summed E-state index contributed by atoms with van der Waals surface area (Å²) in [5.74, 6) is -0.0271. The third-order valence-corrected chi connectivity index (χ3v) is 3.38. The van der Waals surface area contributed by atoms with E-state index in [9.17, 15) is 4.39 Å². The Kier molecular flexibility index (Phi) is 2.68. The van der Waals surface area contributed by atoms with E-state index in [1.54, 1.807) is 16.7 Å². The Balaban J connectivity index is 2.39. The fraction of sp³-hybridized carbons (Fsp3) is 0.0714. The maximum atomic E-state index is 13.4. The Morgan fingerprint density at radius 3 is 2.84 bits per heavy atom. The number of hydrogen-bond acceptors (Lipinski definition) is 2. The van der Waals surface area contributed by atoms with Crippen LogP contribution in [0.15, 0.2) is 36.4 Å². The van der Waals surface area contributed by atoms with E-state index in [1.165, 1.54) is 12.1 Å². The van der Waals surface area contributed by atoms with Crippen LogP contribution < -0.4 is 5.73 Å². The van der Waals surface area contributed by atoms with Crippen LogP contribution in [0.1, 0.15) is 5.56 Å². The van der Waals surface area contributed by atoms with Crippen molar-refractivity contribution in [3.05, 3.63) is 52.8 Å². The second kappa shape index (κ2) is 4.24. The van der Waals surface area contributed by atoms with E-state index in [4.69, 9.17) is 17.3 Å². The van der Waals surface area contributed by atoms with Crippen molar-refractivity contribution in [1.82, 2.24) is 9.55 Å². The molecule has 1 heterocycles. The van der Waals surface area contributed by atoms with Gasteiger partial charge < -0.3 is 5.73 Å². The third kappa shape index (κ3) is 1.85. The lowest BCUT2D eigenvalue weighted by molar-refractivity contribution is 0.626.